The summed E-state index contributed by atoms with van der Waals surface area (Å²) in [6.07, 6.45) is 3.87. The van der Waals surface area contributed by atoms with Gasteiger partial charge in [-0.3, -0.25) is 4.79 Å². The highest BCUT2D eigenvalue weighted by Gasteiger charge is 2.43. The second-order valence-electron chi connectivity index (χ2n) is 5.00. The smallest absolute Gasteiger partial charge is 0.232 e. The number of nitrogens with zero attached hydrogens (tertiary/aromatic N) is 1. The quantitative estimate of drug-likeness (QED) is 0.771. The summed E-state index contributed by atoms with van der Waals surface area (Å²) in [6, 6.07) is 6.39. The molecular formula is C14H18FNO. The SMILES string of the molecule is CN(C)C(=O)C1(c2ccc(F)cc2)CCCC1. The summed E-state index contributed by atoms with van der Waals surface area (Å²) in [6.45, 7) is 0. The summed E-state index contributed by atoms with van der Waals surface area (Å²) >= 11 is 0. The Labute approximate surface area is 101 Å². The maximum Gasteiger partial charge on any atom is 0.232 e. The highest BCUT2D eigenvalue weighted by Crippen LogP contribution is 2.42. The van der Waals surface area contributed by atoms with Crippen LogP contribution < -0.4 is 0 Å². The number of likely N-dealkylation sites (N-methyl/N-ethyl adjacent to an activating group) is 1. The molecule has 2 nitrogen and oxygen atoms in total. The first-order valence-corrected chi connectivity index (χ1v) is 6.04. The van der Waals surface area contributed by atoms with Crippen LogP contribution in [0.2, 0.25) is 0 Å². The molecule has 0 radical (unpaired) electrons. The third kappa shape index (κ3) is 2.06. The molecule has 1 saturated carbocycles. The molecule has 1 aliphatic rings. The van der Waals surface area contributed by atoms with Gasteiger partial charge < -0.3 is 4.90 Å². The number of carbonyl (C=O) groups excluding carboxylic acids is 1. The van der Waals surface area contributed by atoms with Gasteiger partial charge in [-0.25, -0.2) is 4.39 Å². The van der Waals surface area contributed by atoms with Gasteiger partial charge >= 0.3 is 0 Å². The Hall–Kier alpha value is -1.38. The van der Waals surface area contributed by atoms with Crippen molar-refractivity contribution < 1.29 is 9.18 Å². The van der Waals surface area contributed by atoms with Crippen LogP contribution in [0, 0.1) is 5.82 Å². The van der Waals surface area contributed by atoms with Crippen molar-refractivity contribution in [2.75, 3.05) is 14.1 Å². The number of benzene rings is 1. The molecule has 92 valence electrons. The Morgan fingerprint density at radius 2 is 1.71 bits per heavy atom. The molecule has 0 unspecified atom stereocenters. The number of carbonyl (C=O) groups is 1. The zero-order valence-electron chi connectivity index (χ0n) is 10.4. The molecule has 1 fully saturated rings. The predicted octanol–water partition coefficient (Wildman–Crippen LogP) is 2.73. The van der Waals surface area contributed by atoms with Crippen LogP contribution in [0.4, 0.5) is 4.39 Å². The second-order valence-corrected chi connectivity index (χ2v) is 5.00. The van der Waals surface area contributed by atoms with E-state index in [9.17, 15) is 9.18 Å². The number of amides is 1. The van der Waals surface area contributed by atoms with Crippen molar-refractivity contribution in [2.24, 2.45) is 0 Å². The van der Waals surface area contributed by atoms with Gasteiger partial charge in [0.05, 0.1) is 5.41 Å². The van der Waals surface area contributed by atoms with Crippen LogP contribution in [-0.4, -0.2) is 24.9 Å². The lowest BCUT2D eigenvalue weighted by Gasteiger charge is -2.31. The van der Waals surface area contributed by atoms with Gasteiger partial charge in [0.2, 0.25) is 5.91 Å². The molecule has 0 bridgehead atoms. The average Bonchev–Trinajstić information content (AvgIpc) is 2.79. The average molecular weight is 235 g/mol. The van der Waals surface area contributed by atoms with Gasteiger partial charge in [-0.2, -0.15) is 0 Å². The molecule has 0 atom stereocenters. The normalized spacial score (nSPS) is 18.1. The van der Waals surface area contributed by atoms with E-state index in [-0.39, 0.29) is 11.7 Å². The second kappa shape index (κ2) is 4.47. The zero-order valence-corrected chi connectivity index (χ0v) is 10.4. The molecule has 0 aliphatic heterocycles. The topological polar surface area (TPSA) is 20.3 Å². The van der Waals surface area contributed by atoms with E-state index in [4.69, 9.17) is 0 Å². The first-order valence-electron chi connectivity index (χ1n) is 6.04. The molecule has 1 aromatic carbocycles. The van der Waals surface area contributed by atoms with Crippen molar-refractivity contribution in [3.63, 3.8) is 0 Å². The number of rotatable bonds is 2. The van der Waals surface area contributed by atoms with Crippen molar-refractivity contribution in [1.82, 2.24) is 4.90 Å². The monoisotopic (exact) mass is 235 g/mol. The Morgan fingerprint density at radius 3 is 2.18 bits per heavy atom. The number of hydrogen-bond donors (Lipinski definition) is 0. The van der Waals surface area contributed by atoms with Gasteiger partial charge in [0, 0.05) is 14.1 Å². The third-order valence-corrected chi connectivity index (χ3v) is 3.67. The van der Waals surface area contributed by atoms with Crippen molar-refractivity contribution in [3.8, 4) is 0 Å². The highest BCUT2D eigenvalue weighted by molar-refractivity contribution is 5.88. The Bertz CT molecular complexity index is 405. The molecular weight excluding hydrogens is 217 g/mol. The molecule has 1 aromatic rings. The predicted molar refractivity (Wildman–Crippen MR) is 65.2 cm³/mol. The summed E-state index contributed by atoms with van der Waals surface area (Å²) in [4.78, 5) is 14.0. The molecule has 0 heterocycles. The van der Waals surface area contributed by atoms with Crippen LogP contribution in [0.15, 0.2) is 24.3 Å². The number of halogens is 1. The van der Waals surface area contributed by atoms with Crippen molar-refractivity contribution in [1.29, 1.82) is 0 Å². The lowest BCUT2D eigenvalue weighted by molar-refractivity contribution is -0.134. The van der Waals surface area contributed by atoms with Crippen LogP contribution in [0.3, 0.4) is 0 Å². The Balaban J connectivity index is 2.41. The van der Waals surface area contributed by atoms with Crippen molar-refractivity contribution in [3.05, 3.63) is 35.6 Å². The standard InChI is InChI=1S/C14H18FNO/c1-16(2)13(17)14(9-3-4-10-14)11-5-7-12(15)8-6-11/h5-8H,3-4,9-10H2,1-2H3. The lowest BCUT2D eigenvalue weighted by atomic mass is 9.77. The van der Waals surface area contributed by atoms with E-state index in [2.05, 4.69) is 0 Å². The van der Waals surface area contributed by atoms with Crippen LogP contribution >= 0.6 is 0 Å². The first-order chi connectivity index (χ1) is 8.06. The Kier molecular flexibility index (Phi) is 3.18. The minimum absolute atomic E-state index is 0.140. The fourth-order valence-electron chi connectivity index (χ4n) is 2.80. The highest BCUT2D eigenvalue weighted by atomic mass is 19.1. The fourth-order valence-corrected chi connectivity index (χ4v) is 2.80. The zero-order chi connectivity index (χ0) is 12.5. The lowest BCUT2D eigenvalue weighted by Crippen LogP contribution is -2.41. The molecule has 1 aliphatic carbocycles. The van der Waals surface area contributed by atoms with Gasteiger partial charge in [0.1, 0.15) is 5.82 Å². The van der Waals surface area contributed by atoms with E-state index in [1.807, 2.05) is 0 Å². The van der Waals surface area contributed by atoms with Gasteiger partial charge in [-0.1, -0.05) is 25.0 Å². The summed E-state index contributed by atoms with van der Waals surface area (Å²) in [5.41, 5.74) is 0.534. The van der Waals surface area contributed by atoms with E-state index in [1.54, 1.807) is 31.1 Å². The van der Waals surface area contributed by atoms with E-state index < -0.39 is 5.41 Å². The van der Waals surface area contributed by atoms with E-state index >= 15 is 0 Å². The molecule has 0 aromatic heterocycles. The molecule has 1 amide bonds. The summed E-state index contributed by atoms with van der Waals surface area (Å²) < 4.78 is 13.0. The van der Waals surface area contributed by atoms with Gasteiger partial charge in [-0.15, -0.1) is 0 Å². The van der Waals surface area contributed by atoms with E-state index in [0.29, 0.717) is 0 Å². The van der Waals surface area contributed by atoms with E-state index in [1.165, 1.54) is 12.1 Å². The van der Waals surface area contributed by atoms with Crippen LogP contribution in [0.1, 0.15) is 31.2 Å². The summed E-state index contributed by atoms with van der Waals surface area (Å²) in [5.74, 6) is -0.110. The van der Waals surface area contributed by atoms with Crippen LogP contribution in [0.25, 0.3) is 0 Å². The fraction of sp³-hybridized carbons (Fsp3) is 0.500. The minimum atomic E-state index is -0.419. The van der Waals surface area contributed by atoms with Gasteiger partial charge in [0.15, 0.2) is 0 Å². The number of hydrogen-bond acceptors (Lipinski definition) is 1. The van der Waals surface area contributed by atoms with Gasteiger partial charge in [-0.05, 0) is 30.5 Å². The summed E-state index contributed by atoms with van der Waals surface area (Å²) in [7, 11) is 3.57. The molecule has 0 saturated heterocycles. The van der Waals surface area contributed by atoms with Crippen molar-refractivity contribution >= 4 is 5.91 Å². The minimum Gasteiger partial charge on any atom is -0.348 e. The molecule has 0 N–H and O–H groups in total. The Morgan fingerprint density at radius 1 is 1.18 bits per heavy atom. The maximum absolute atomic E-state index is 13.0. The van der Waals surface area contributed by atoms with Crippen LogP contribution in [-0.2, 0) is 10.2 Å². The molecule has 17 heavy (non-hydrogen) atoms. The largest absolute Gasteiger partial charge is 0.348 e. The van der Waals surface area contributed by atoms with Gasteiger partial charge in [0.25, 0.3) is 0 Å². The molecule has 2 rings (SSSR count). The maximum atomic E-state index is 13.0. The molecule has 3 heteroatoms. The third-order valence-electron chi connectivity index (χ3n) is 3.67. The molecule has 0 spiro atoms. The van der Waals surface area contributed by atoms with Crippen molar-refractivity contribution in [2.45, 2.75) is 31.1 Å². The summed E-state index contributed by atoms with van der Waals surface area (Å²) in [5, 5.41) is 0. The van der Waals surface area contributed by atoms with E-state index in [0.717, 1.165) is 31.2 Å². The first kappa shape index (κ1) is 12.1. The van der Waals surface area contributed by atoms with Crippen LogP contribution in [0.5, 0.6) is 0 Å².